The third-order valence-electron chi connectivity index (χ3n) is 2.32. The summed E-state index contributed by atoms with van der Waals surface area (Å²) in [7, 11) is 0. The molecule has 0 saturated carbocycles. The molecule has 7 nitrogen and oxygen atoms in total. The van der Waals surface area contributed by atoms with Gasteiger partial charge in [0.15, 0.2) is 11.5 Å². The molecule has 0 aliphatic heterocycles. The number of hydrogen-bond acceptors (Lipinski definition) is 5. The van der Waals surface area contributed by atoms with Gasteiger partial charge < -0.3 is 5.73 Å². The lowest BCUT2D eigenvalue weighted by atomic mass is 10.3. The van der Waals surface area contributed by atoms with Crippen molar-refractivity contribution >= 4 is 23.1 Å². The van der Waals surface area contributed by atoms with Crippen LogP contribution in [0.15, 0.2) is 39.3 Å². The molecule has 1 aromatic heterocycles. The second-order valence-electron chi connectivity index (χ2n) is 3.69. The van der Waals surface area contributed by atoms with Crippen molar-refractivity contribution < 1.29 is 9.18 Å². The van der Waals surface area contributed by atoms with Crippen molar-refractivity contribution in [1.29, 1.82) is 0 Å². The molecule has 8 heteroatoms. The number of halogens is 1. The molecule has 3 N–H and O–H groups in total. The fourth-order valence-electron chi connectivity index (χ4n) is 1.40. The molecule has 0 aliphatic carbocycles. The molecule has 98 valence electrons. The van der Waals surface area contributed by atoms with E-state index in [2.05, 4.69) is 15.3 Å². The Morgan fingerprint density at radius 2 is 2.05 bits per heavy atom. The van der Waals surface area contributed by atoms with Gasteiger partial charge in [0.2, 0.25) is 5.91 Å². The summed E-state index contributed by atoms with van der Waals surface area (Å²) in [6.07, 6.45) is 0. The van der Waals surface area contributed by atoms with Gasteiger partial charge in [-0.3, -0.25) is 14.7 Å². The molecule has 0 spiro atoms. The average molecular weight is 263 g/mol. The number of nitrogen functional groups attached to an aromatic ring is 1. The Bertz CT molecular complexity index is 716. The summed E-state index contributed by atoms with van der Waals surface area (Å²) in [4.78, 5) is 22.8. The third-order valence-corrected chi connectivity index (χ3v) is 2.32. The summed E-state index contributed by atoms with van der Waals surface area (Å²) in [6.45, 7) is 1.19. The van der Waals surface area contributed by atoms with Crippen LogP contribution in [-0.4, -0.2) is 15.7 Å². The van der Waals surface area contributed by atoms with E-state index >= 15 is 0 Å². The molecule has 2 aromatic rings. The molecule has 0 bridgehead atoms. The van der Waals surface area contributed by atoms with Crippen LogP contribution in [0.2, 0.25) is 0 Å². The predicted molar refractivity (Wildman–Crippen MR) is 66.3 cm³/mol. The van der Waals surface area contributed by atoms with Gasteiger partial charge in [0.05, 0.1) is 0 Å². The minimum Gasteiger partial charge on any atom is -0.382 e. The Morgan fingerprint density at radius 1 is 1.37 bits per heavy atom. The van der Waals surface area contributed by atoms with Gasteiger partial charge in [0.25, 0.3) is 0 Å². The van der Waals surface area contributed by atoms with Crippen LogP contribution in [0, 0.1) is 5.82 Å². The Balaban J connectivity index is 2.43. The zero-order valence-corrected chi connectivity index (χ0v) is 9.92. The van der Waals surface area contributed by atoms with Crippen molar-refractivity contribution in [3.05, 3.63) is 40.4 Å². The summed E-state index contributed by atoms with van der Waals surface area (Å²) >= 11 is 0. The first-order chi connectivity index (χ1) is 9.00. The lowest BCUT2D eigenvalue weighted by Gasteiger charge is -1.92. The molecule has 0 amide bonds. The number of carbonyl (C=O) groups excluding carboxylic acids is 1. The Kier molecular flexibility index (Phi) is 3.23. The van der Waals surface area contributed by atoms with Crippen LogP contribution in [0.1, 0.15) is 11.7 Å². The van der Waals surface area contributed by atoms with Gasteiger partial charge in [-0.1, -0.05) is 12.1 Å². The quantitative estimate of drug-likeness (QED) is 0.809. The van der Waals surface area contributed by atoms with Gasteiger partial charge in [0.1, 0.15) is 11.5 Å². The molecule has 0 unspecified atom stereocenters. The number of rotatable bonds is 2. The normalized spacial score (nSPS) is 11.1. The largest absolute Gasteiger partial charge is 0.382 e. The maximum absolute atomic E-state index is 13.3. The maximum Gasteiger partial charge on any atom is 0.303 e. The maximum atomic E-state index is 13.3. The van der Waals surface area contributed by atoms with Crippen molar-refractivity contribution in [2.45, 2.75) is 6.92 Å². The Morgan fingerprint density at radius 3 is 2.63 bits per heavy atom. The number of nitrogens with one attached hydrogen (secondary N) is 1. The van der Waals surface area contributed by atoms with Gasteiger partial charge >= 0.3 is 5.56 Å². The number of benzene rings is 1. The summed E-state index contributed by atoms with van der Waals surface area (Å²) in [5, 5.41) is 9.53. The van der Waals surface area contributed by atoms with E-state index in [4.69, 9.17) is 5.73 Å². The number of nitrogens with two attached hydrogens (primary N) is 1. The molecule has 0 fully saturated rings. The Labute approximate surface area is 106 Å². The first kappa shape index (κ1) is 12.7. The molecule has 19 heavy (non-hydrogen) atoms. The highest BCUT2D eigenvalue weighted by molar-refractivity contribution is 5.77. The Hall–Kier alpha value is -2.77. The number of carbonyl (C=O) groups is 1. The van der Waals surface area contributed by atoms with E-state index in [0.717, 1.165) is 0 Å². The topological polar surface area (TPSA) is 106 Å². The fourth-order valence-corrected chi connectivity index (χ4v) is 1.40. The fraction of sp³-hybridized carbons (Fsp3) is 0.0909. The lowest BCUT2D eigenvalue weighted by Crippen LogP contribution is -2.21. The number of hydrogen-bond donors (Lipinski definition) is 2. The monoisotopic (exact) mass is 263 g/mol. The second-order valence-corrected chi connectivity index (χ2v) is 3.69. The molecule has 1 heterocycles. The number of azo groups is 1. The average Bonchev–Trinajstić information content (AvgIpc) is 2.65. The minimum atomic E-state index is -0.731. The first-order valence-corrected chi connectivity index (χ1v) is 5.28. The molecule has 0 saturated heterocycles. The lowest BCUT2D eigenvalue weighted by molar-refractivity contribution is 0.0917. The van der Waals surface area contributed by atoms with E-state index in [0.29, 0.717) is 4.68 Å². The highest BCUT2D eigenvalue weighted by atomic mass is 19.1. The highest BCUT2D eigenvalue weighted by Gasteiger charge is 2.14. The zero-order chi connectivity index (χ0) is 14.0. The van der Waals surface area contributed by atoms with Crippen LogP contribution in [-0.2, 0) is 0 Å². The van der Waals surface area contributed by atoms with Crippen molar-refractivity contribution in [3.63, 3.8) is 0 Å². The number of anilines is 1. The minimum absolute atomic E-state index is 0.0307. The molecular weight excluding hydrogens is 253 g/mol. The first-order valence-electron chi connectivity index (χ1n) is 5.28. The second kappa shape index (κ2) is 4.84. The van der Waals surface area contributed by atoms with Crippen LogP contribution >= 0.6 is 0 Å². The van der Waals surface area contributed by atoms with E-state index in [1.54, 1.807) is 6.07 Å². The standard InChI is InChI=1S/C11H10FN5O2/c1-6(18)17-11(19)9(10(13)16-17)15-14-8-5-3-2-4-7(8)12/h2-5,16H,13H2,1H3. The molecule has 2 rings (SSSR count). The highest BCUT2D eigenvalue weighted by Crippen LogP contribution is 2.21. The summed E-state index contributed by atoms with van der Waals surface area (Å²) in [6, 6.07) is 5.68. The van der Waals surface area contributed by atoms with Gasteiger partial charge in [0, 0.05) is 6.92 Å². The summed E-state index contributed by atoms with van der Waals surface area (Å²) in [5.74, 6) is -1.23. The van der Waals surface area contributed by atoms with Crippen LogP contribution in [0.25, 0.3) is 0 Å². The number of H-pyrrole nitrogens is 1. The van der Waals surface area contributed by atoms with Crippen LogP contribution in [0.3, 0.4) is 0 Å². The van der Waals surface area contributed by atoms with Crippen LogP contribution in [0.5, 0.6) is 0 Å². The third kappa shape index (κ3) is 2.41. The van der Waals surface area contributed by atoms with E-state index in [1.807, 2.05) is 0 Å². The van der Waals surface area contributed by atoms with Crippen molar-refractivity contribution in [3.8, 4) is 0 Å². The SMILES string of the molecule is CC(=O)n1[nH]c(N)c(N=Nc2ccccc2F)c1=O. The number of aromatic amines is 1. The zero-order valence-electron chi connectivity index (χ0n) is 9.92. The van der Waals surface area contributed by atoms with E-state index in [9.17, 15) is 14.0 Å². The van der Waals surface area contributed by atoms with Crippen LogP contribution < -0.4 is 11.3 Å². The molecule has 0 atom stereocenters. The molecule has 0 radical (unpaired) electrons. The van der Waals surface area contributed by atoms with Gasteiger partial charge in [-0.2, -0.15) is 4.68 Å². The summed E-state index contributed by atoms with van der Waals surface area (Å²) < 4.78 is 14.0. The van der Waals surface area contributed by atoms with Gasteiger partial charge in [-0.15, -0.1) is 10.2 Å². The molecule has 1 aromatic carbocycles. The van der Waals surface area contributed by atoms with E-state index in [-0.39, 0.29) is 17.2 Å². The van der Waals surface area contributed by atoms with Crippen molar-refractivity contribution in [1.82, 2.24) is 9.78 Å². The van der Waals surface area contributed by atoms with E-state index < -0.39 is 17.3 Å². The van der Waals surface area contributed by atoms with Gasteiger partial charge in [-0.25, -0.2) is 4.39 Å². The molecule has 0 aliphatic rings. The summed E-state index contributed by atoms with van der Waals surface area (Å²) in [5.41, 5.74) is 4.51. The van der Waals surface area contributed by atoms with E-state index in [1.165, 1.54) is 25.1 Å². The predicted octanol–water partition coefficient (Wildman–Crippen LogP) is 1.97. The van der Waals surface area contributed by atoms with Crippen LogP contribution in [0.4, 0.5) is 21.6 Å². The number of aromatic nitrogens is 2. The van der Waals surface area contributed by atoms with Crippen molar-refractivity contribution in [2.75, 3.05) is 5.73 Å². The van der Waals surface area contributed by atoms with Gasteiger partial charge in [-0.05, 0) is 12.1 Å². The smallest absolute Gasteiger partial charge is 0.303 e. The van der Waals surface area contributed by atoms with Crippen molar-refractivity contribution in [2.24, 2.45) is 10.2 Å². The molecular formula is C11H10FN5O2. The number of nitrogens with zero attached hydrogens (tertiary/aromatic N) is 3.